The first kappa shape index (κ1) is 18.9. The molecular formula is C26H23FN2OS. The second kappa shape index (κ2) is 6.60. The zero-order valence-electron chi connectivity index (χ0n) is 17.7. The Morgan fingerprint density at radius 1 is 1.13 bits per heavy atom. The standard InChI is InChI=1S/C26H23FN2OS/c1-15-8-9-17(12-20(15)27)21-14-31-25-28-24-19(26(2,3)29(21)25)13-30-22-11-10-16-6-4-5-7-18(16)23(22)24/h4-12,14,19,24H,13H2,1-3H3/t19-,24-/m0/s1. The molecule has 6 rings (SSSR count). The quantitative estimate of drug-likeness (QED) is 0.439. The van der Waals surface area contributed by atoms with Crippen LogP contribution in [-0.2, 0) is 0 Å². The van der Waals surface area contributed by atoms with Crippen molar-refractivity contribution in [2.75, 3.05) is 6.61 Å². The highest BCUT2D eigenvalue weighted by Gasteiger charge is 2.51. The summed E-state index contributed by atoms with van der Waals surface area (Å²) in [5, 5.41) is 5.49. The Hall–Kier alpha value is -2.79. The highest BCUT2D eigenvalue weighted by molar-refractivity contribution is 8.16. The molecule has 0 amide bonds. The number of aryl methyl sites for hydroxylation is 1. The van der Waals surface area contributed by atoms with Crippen LogP contribution in [0.4, 0.5) is 4.39 Å². The molecule has 156 valence electrons. The summed E-state index contributed by atoms with van der Waals surface area (Å²) in [5.41, 5.74) is 3.49. The molecule has 0 radical (unpaired) electrons. The van der Waals surface area contributed by atoms with E-state index in [1.807, 2.05) is 12.1 Å². The van der Waals surface area contributed by atoms with Crippen LogP contribution in [0.2, 0.25) is 0 Å². The minimum atomic E-state index is -0.243. The number of aliphatic imine (C=N–C) groups is 1. The first-order chi connectivity index (χ1) is 14.9. The summed E-state index contributed by atoms with van der Waals surface area (Å²) in [6.45, 7) is 6.91. The number of ether oxygens (including phenoxy) is 1. The van der Waals surface area contributed by atoms with E-state index >= 15 is 0 Å². The second-order valence-corrected chi connectivity index (χ2v) is 9.88. The highest BCUT2D eigenvalue weighted by Crippen LogP contribution is 2.54. The fraction of sp³-hybridized carbons (Fsp3) is 0.269. The molecule has 31 heavy (non-hydrogen) atoms. The van der Waals surface area contributed by atoms with Crippen molar-refractivity contribution < 1.29 is 9.13 Å². The fourth-order valence-corrected chi connectivity index (χ4v) is 6.19. The summed E-state index contributed by atoms with van der Waals surface area (Å²) < 4.78 is 20.6. The molecule has 0 bridgehead atoms. The maximum absolute atomic E-state index is 14.3. The average molecular weight is 431 g/mol. The maximum atomic E-state index is 14.3. The fourth-order valence-electron chi connectivity index (χ4n) is 5.12. The normalized spacial score (nSPS) is 23.4. The van der Waals surface area contributed by atoms with Crippen molar-refractivity contribution >= 4 is 33.4 Å². The average Bonchev–Trinajstić information content (AvgIpc) is 3.20. The lowest BCUT2D eigenvalue weighted by molar-refractivity contribution is 0.0754. The number of hydrogen-bond acceptors (Lipinski definition) is 4. The number of halogens is 1. The Kier molecular flexibility index (Phi) is 4.03. The molecule has 0 fully saturated rings. The lowest BCUT2D eigenvalue weighted by Gasteiger charge is -2.51. The SMILES string of the molecule is Cc1ccc(C2=CSC3=N[C@@H]4c5c(ccc6ccccc56)OC[C@@H]4C(C)(C)N23)cc1F. The van der Waals surface area contributed by atoms with Crippen molar-refractivity contribution in [1.29, 1.82) is 0 Å². The lowest BCUT2D eigenvalue weighted by atomic mass is 9.74. The van der Waals surface area contributed by atoms with Gasteiger partial charge in [0.2, 0.25) is 0 Å². The molecule has 0 spiro atoms. The number of nitrogens with zero attached hydrogens (tertiary/aromatic N) is 2. The smallest absolute Gasteiger partial charge is 0.169 e. The van der Waals surface area contributed by atoms with Gasteiger partial charge in [-0.2, -0.15) is 0 Å². The van der Waals surface area contributed by atoms with Crippen LogP contribution in [0.3, 0.4) is 0 Å². The molecule has 3 nitrogen and oxygen atoms in total. The molecule has 3 aromatic carbocycles. The first-order valence-electron chi connectivity index (χ1n) is 10.6. The highest BCUT2D eigenvalue weighted by atomic mass is 32.2. The third-order valence-electron chi connectivity index (χ3n) is 6.93. The Morgan fingerprint density at radius 2 is 1.97 bits per heavy atom. The molecule has 5 heteroatoms. The summed E-state index contributed by atoms with van der Waals surface area (Å²) in [6.07, 6.45) is 0. The molecule has 0 N–H and O–H groups in total. The lowest BCUT2D eigenvalue weighted by Crippen LogP contribution is -2.56. The zero-order chi connectivity index (χ0) is 21.3. The van der Waals surface area contributed by atoms with E-state index in [1.54, 1.807) is 24.8 Å². The molecule has 0 saturated carbocycles. The van der Waals surface area contributed by atoms with Gasteiger partial charge in [0.15, 0.2) is 5.17 Å². The maximum Gasteiger partial charge on any atom is 0.169 e. The van der Waals surface area contributed by atoms with E-state index < -0.39 is 0 Å². The number of fused-ring (bicyclic) bond motifs is 6. The Labute approximate surface area is 185 Å². The minimum Gasteiger partial charge on any atom is -0.493 e. The van der Waals surface area contributed by atoms with E-state index in [0.717, 1.165) is 22.2 Å². The molecule has 0 unspecified atom stereocenters. The number of hydrogen-bond donors (Lipinski definition) is 0. The molecule has 3 aliphatic rings. The number of rotatable bonds is 1. The van der Waals surface area contributed by atoms with Gasteiger partial charge >= 0.3 is 0 Å². The Morgan fingerprint density at radius 3 is 2.81 bits per heavy atom. The van der Waals surface area contributed by atoms with Crippen LogP contribution in [0.15, 0.2) is 65.0 Å². The van der Waals surface area contributed by atoms with Crippen LogP contribution in [0.5, 0.6) is 5.75 Å². The summed E-state index contributed by atoms with van der Waals surface area (Å²) in [7, 11) is 0. The van der Waals surface area contributed by atoms with E-state index in [-0.39, 0.29) is 23.3 Å². The van der Waals surface area contributed by atoms with Crippen LogP contribution in [0.25, 0.3) is 16.5 Å². The van der Waals surface area contributed by atoms with Gasteiger partial charge < -0.3 is 9.64 Å². The molecular weight excluding hydrogens is 407 g/mol. The third kappa shape index (κ3) is 2.69. The predicted octanol–water partition coefficient (Wildman–Crippen LogP) is 6.53. The van der Waals surface area contributed by atoms with Crippen molar-refractivity contribution in [1.82, 2.24) is 4.90 Å². The van der Waals surface area contributed by atoms with Gasteiger partial charge in [0.25, 0.3) is 0 Å². The Balaban J connectivity index is 1.50. The van der Waals surface area contributed by atoms with Crippen LogP contribution in [0.1, 0.15) is 36.6 Å². The first-order valence-corrected chi connectivity index (χ1v) is 11.5. The summed E-state index contributed by atoms with van der Waals surface area (Å²) in [5.74, 6) is 0.931. The van der Waals surface area contributed by atoms with E-state index in [9.17, 15) is 4.39 Å². The minimum absolute atomic E-state index is 0.0334. The van der Waals surface area contributed by atoms with Gasteiger partial charge in [-0.1, -0.05) is 54.2 Å². The molecule has 3 heterocycles. The van der Waals surface area contributed by atoms with Gasteiger partial charge in [0.05, 0.1) is 18.3 Å². The second-order valence-electron chi connectivity index (χ2n) is 9.05. The summed E-state index contributed by atoms with van der Waals surface area (Å²) >= 11 is 1.63. The van der Waals surface area contributed by atoms with Gasteiger partial charge in [-0.05, 0) is 49.2 Å². The number of amidine groups is 1. The van der Waals surface area contributed by atoms with Gasteiger partial charge in [0, 0.05) is 28.0 Å². The molecule has 3 aliphatic heterocycles. The van der Waals surface area contributed by atoms with Gasteiger partial charge in [-0.25, -0.2) is 4.39 Å². The van der Waals surface area contributed by atoms with Crippen molar-refractivity contribution in [3.63, 3.8) is 0 Å². The molecule has 2 atom stereocenters. The summed E-state index contributed by atoms with van der Waals surface area (Å²) in [6, 6.07) is 18.2. The van der Waals surface area contributed by atoms with Gasteiger partial charge in [0.1, 0.15) is 11.6 Å². The molecule has 0 aromatic heterocycles. The van der Waals surface area contributed by atoms with Crippen LogP contribution < -0.4 is 4.74 Å². The van der Waals surface area contributed by atoms with Crippen LogP contribution in [0, 0.1) is 18.7 Å². The van der Waals surface area contributed by atoms with Crippen molar-refractivity contribution in [3.05, 3.63) is 82.5 Å². The molecule has 0 saturated heterocycles. The van der Waals surface area contributed by atoms with Crippen molar-refractivity contribution in [3.8, 4) is 5.75 Å². The number of thioether (sulfide) groups is 1. The summed E-state index contributed by atoms with van der Waals surface area (Å²) in [4.78, 5) is 7.53. The van der Waals surface area contributed by atoms with Gasteiger partial charge in [-0.15, -0.1) is 0 Å². The van der Waals surface area contributed by atoms with E-state index in [1.165, 1.54) is 16.3 Å². The van der Waals surface area contributed by atoms with Crippen molar-refractivity contribution in [2.24, 2.45) is 10.9 Å². The van der Waals surface area contributed by atoms with Crippen LogP contribution in [-0.4, -0.2) is 22.2 Å². The Bertz CT molecular complexity index is 1300. The zero-order valence-corrected chi connectivity index (χ0v) is 18.5. The van der Waals surface area contributed by atoms with E-state index in [0.29, 0.717) is 12.2 Å². The van der Waals surface area contributed by atoms with Crippen LogP contribution >= 0.6 is 11.8 Å². The molecule has 0 aliphatic carbocycles. The van der Waals surface area contributed by atoms with Gasteiger partial charge in [-0.3, -0.25) is 4.99 Å². The third-order valence-corrected chi connectivity index (χ3v) is 7.77. The largest absolute Gasteiger partial charge is 0.493 e. The monoisotopic (exact) mass is 430 g/mol. The van der Waals surface area contributed by atoms with E-state index in [2.05, 4.69) is 60.6 Å². The predicted molar refractivity (Wildman–Crippen MR) is 126 cm³/mol. The van der Waals surface area contributed by atoms with Crippen molar-refractivity contribution in [2.45, 2.75) is 32.4 Å². The number of benzene rings is 3. The van der Waals surface area contributed by atoms with E-state index in [4.69, 9.17) is 9.73 Å². The topological polar surface area (TPSA) is 24.8 Å². The molecule has 3 aromatic rings.